The molecule has 0 saturated carbocycles. The van der Waals surface area contributed by atoms with E-state index in [4.69, 9.17) is 11.6 Å². The average molecular weight is 324 g/mol. The Bertz CT molecular complexity index is 806. The highest BCUT2D eigenvalue weighted by Crippen LogP contribution is 2.30. The summed E-state index contributed by atoms with van der Waals surface area (Å²) >= 11 is 5.95. The van der Waals surface area contributed by atoms with Gasteiger partial charge in [-0.05, 0) is 22.6 Å². The normalized spacial score (nSPS) is 11.5. The standard InChI is InChI=1S/C19H18ClN3/c1-19(2,3)15-11-9-14(10-12-15)17-16(21-18(20)23-22-17)13-7-5-4-6-8-13/h4-12H,1-3H3. The monoisotopic (exact) mass is 323 g/mol. The van der Waals surface area contributed by atoms with Gasteiger partial charge in [0.05, 0.1) is 0 Å². The van der Waals surface area contributed by atoms with Crippen LogP contribution >= 0.6 is 11.6 Å². The first-order valence-corrected chi connectivity index (χ1v) is 7.89. The van der Waals surface area contributed by atoms with Gasteiger partial charge in [0.2, 0.25) is 5.28 Å². The van der Waals surface area contributed by atoms with E-state index in [2.05, 4.69) is 60.2 Å². The Kier molecular flexibility index (Phi) is 4.14. The summed E-state index contributed by atoms with van der Waals surface area (Å²) in [6.45, 7) is 6.59. The van der Waals surface area contributed by atoms with E-state index in [9.17, 15) is 0 Å². The van der Waals surface area contributed by atoms with Crippen molar-refractivity contribution in [3.63, 3.8) is 0 Å². The van der Waals surface area contributed by atoms with Gasteiger partial charge in [-0.2, -0.15) is 0 Å². The Morgan fingerprint density at radius 3 is 1.96 bits per heavy atom. The molecular formula is C19H18ClN3. The van der Waals surface area contributed by atoms with Gasteiger partial charge in [-0.3, -0.25) is 0 Å². The lowest BCUT2D eigenvalue weighted by atomic mass is 9.86. The summed E-state index contributed by atoms with van der Waals surface area (Å²) in [5.41, 5.74) is 4.82. The van der Waals surface area contributed by atoms with Gasteiger partial charge < -0.3 is 0 Å². The molecule has 0 aliphatic rings. The molecule has 1 heterocycles. The van der Waals surface area contributed by atoms with E-state index in [-0.39, 0.29) is 10.7 Å². The number of aromatic nitrogens is 3. The molecule has 0 fully saturated rings. The second kappa shape index (κ2) is 6.09. The van der Waals surface area contributed by atoms with Crippen LogP contribution in [-0.4, -0.2) is 15.2 Å². The molecule has 0 bridgehead atoms. The third-order valence-electron chi connectivity index (χ3n) is 3.73. The van der Waals surface area contributed by atoms with E-state index < -0.39 is 0 Å². The van der Waals surface area contributed by atoms with Gasteiger partial charge in [-0.1, -0.05) is 75.4 Å². The zero-order valence-electron chi connectivity index (χ0n) is 13.4. The largest absolute Gasteiger partial charge is 0.243 e. The number of hydrogen-bond donors (Lipinski definition) is 0. The third kappa shape index (κ3) is 3.40. The van der Waals surface area contributed by atoms with Crippen LogP contribution in [0.15, 0.2) is 54.6 Å². The van der Waals surface area contributed by atoms with Gasteiger partial charge in [0.15, 0.2) is 0 Å². The summed E-state index contributed by atoms with van der Waals surface area (Å²) in [6.07, 6.45) is 0. The van der Waals surface area contributed by atoms with Crippen molar-refractivity contribution < 1.29 is 0 Å². The summed E-state index contributed by atoms with van der Waals surface area (Å²) in [5, 5.41) is 8.34. The van der Waals surface area contributed by atoms with Crippen LogP contribution in [-0.2, 0) is 5.41 Å². The van der Waals surface area contributed by atoms with E-state index in [1.54, 1.807) is 0 Å². The molecule has 0 atom stereocenters. The fourth-order valence-corrected chi connectivity index (χ4v) is 2.55. The van der Waals surface area contributed by atoms with Gasteiger partial charge in [0.1, 0.15) is 11.4 Å². The molecule has 0 unspecified atom stereocenters. The molecule has 0 aliphatic heterocycles. The summed E-state index contributed by atoms with van der Waals surface area (Å²) < 4.78 is 0. The smallest absolute Gasteiger partial charge is 0.214 e. The minimum absolute atomic E-state index is 0.116. The lowest BCUT2D eigenvalue weighted by molar-refractivity contribution is 0.590. The van der Waals surface area contributed by atoms with E-state index in [0.717, 1.165) is 22.5 Å². The highest BCUT2D eigenvalue weighted by Gasteiger charge is 2.16. The first kappa shape index (κ1) is 15.6. The lowest BCUT2D eigenvalue weighted by Crippen LogP contribution is -2.10. The molecule has 1 aromatic heterocycles. The summed E-state index contributed by atoms with van der Waals surface area (Å²) in [7, 11) is 0. The summed E-state index contributed by atoms with van der Waals surface area (Å²) in [4.78, 5) is 4.38. The van der Waals surface area contributed by atoms with E-state index >= 15 is 0 Å². The Labute approximate surface area is 141 Å². The lowest BCUT2D eigenvalue weighted by Gasteiger charge is -2.19. The summed E-state index contributed by atoms with van der Waals surface area (Å²) in [6, 6.07) is 18.3. The highest BCUT2D eigenvalue weighted by molar-refractivity contribution is 6.28. The first-order chi connectivity index (χ1) is 10.9. The van der Waals surface area contributed by atoms with Crippen LogP contribution in [0.3, 0.4) is 0 Å². The van der Waals surface area contributed by atoms with E-state index in [0.29, 0.717) is 0 Å². The maximum absolute atomic E-state index is 5.95. The fraction of sp³-hybridized carbons (Fsp3) is 0.211. The molecule has 0 spiro atoms. The van der Waals surface area contributed by atoms with Crippen LogP contribution in [0.5, 0.6) is 0 Å². The minimum Gasteiger partial charge on any atom is -0.214 e. The number of rotatable bonds is 2. The SMILES string of the molecule is CC(C)(C)c1ccc(-c2nnc(Cl)nc2-c2ccccc2)cc1. The molecule has 0 aliphatic carbocycles. The van der Waals surface area contributed by atoms with Crippen molar-refractivity contribution in [2.24, 2.45) is 0 Å². The Morgan fingerprint density at radius 1 is 0.739 bits per heavy atom. The molecule has 3 rings (SSSR count). The number of halogens is 1. The molecule has 0 saturated heterocycles. The maximum atomic E-state index is 5.95. The number of hydrogen-bond acceptors (Lipinski definition) is 3. The van der Waals surface area contributed by atoms with Crippen LogP contribution < -0.4 is 0 Å². The maximum Gasteiger partial charge on any atom is 0.243 e. The molecule has 0 N–H and O–H groups in total. The van der Waals surface area contributed by atoms with Crippen molar-refractivity contribution in [3.8, 4) is 22.5 Å². The highest BCUT2D eigenvalue weighted by atomic mass is 35.5. The quantitative estimate of drug-likeness (QED) is 0.654. The Hall–Kier alpha value is -2.26. The molecule has 0 amide bonds. The summed E-state index contributed by atoms with van der Waals surface area (Å²) in [5.74, 6) is 0. The van der Waals surface area contributed by atoms with Crippen LogP contribution in [0, 0.1) is 0 Å². The van der Waals surface area contributed by atoms with Gasteiger partial charge in [0.25, 0.3) is 0 Å². The van der Waals surface area contributed by atoms with E-state index in [1.807, 2.05) is 30.3 Å². The van der Waals surface area contributed by atoms with Crippen molar-refractivity contribution in [1.29, 1.82) is 0 Å². The molecule has 4 heteroatoms. The molecule has 2 aromatic carbocycles. The predicted molar refractivity (Wildman–Crippen MR) is 94.4 cm³/mol. The average Bonchev–Trinajstić information content (AvgIpc) is 2.55. The van der Waals surface area contributed by atoms with Gasteiger partial charge in [-0.15, -0.1) is 10.2 Å². The first-order valence-electron chi connectivity index (χ1n) is 7.52. The zero-order valence-corrected chi connectivity index (χ0v) is 14.2. The van der Waals surface area contributed by atoms with Gasteiger partial charge in [0, 0.05) is 11.1 Å². The third-order valence-corrected chi connectivity index (χ3v) is 3.89. The number of nitrogens with zero attached hydrogens (tertiary/aromatic N) is 3. The zero-order chi connectivity index (χ0) is 16.4. The van der Waals surface area contributed by atoms with Crippen molar-refractivity contribution >= 4 is 11.6 Å². The van der Waals surface area contributed by atoms with E-state index in [1.165, 1.54) is 5.56 Å². The van der Waals surface area contributed by atoms with Crippen molar-refractivity contribution in [3.05, 3.63) is 65.4 Å². The van der Waals surface area contributed by atoms with Crippen molar-refractivity contribution in [2.45, 2.75) is 26.2 Å². The van der Waals surface area contributed by atoms with Crippen molar-refractivity contribution in [1.82, 2.24) is 15.2 Å². The van der Waals surface area contributed by atoms with Crippen LogP contribution in [0.4, 0.5) is 0 Å². The van der Waals surface area contributed by atoms with Crippen LogP contribution in [0.2, 0.25) is 5.28 Å². The van der Waals surface area contributed by atoms with Gasteiger partial charge >= 0.3 is 0 Å². The van der Waals surface area contributed by atoms with Crippen LogP contribution in [0.1, 0.15) is 26.3 Å². The fourth-order valence-electron chi connectivity index (χ4n) is 2.43. The Balaban J connectivity index is 2.10. The second-order valence-corrected chi connectivity index (χ2v) is 6.81. The topological polar surface area (TPSA) is 38.7 Å². The van der Waals surface area contributed by atoms with Crippen molar-refractivity contribution in [2.75, 3.05) is 0 Å². The van der Waals surface area contributed by atoms with Crippen LogP contribution in [0.25, 0.3) is 22.5 Å². The molecule has 3 nitrogen and oxygen atoms in total. The Morgan fingerprint density at radius 2 is 1.35 bits per heavy atom. The molecule has 3 aromatic rings. The van der Waals surface area contributed by atoms with Gasteiger partial charge in [-0.25, -0.2) is 4.98 Å². The number of benzene rings is 2. The molecule has 23 heavy (non-hydrogen) atoms. The second-order valence-electron chi connectivity index (χ2n) is 6.47. The molecular weight excluding hydrogens is 306 g/mol. The predicted octanol–water partition coefficient (Wildman–Crippen LogP) is 5.16. The molecule has 0 radical (unpaired) electrons. The minimum atomic E-state index is 0.116. The molecule has 116 valence electrons.